The van der Waals surface area contributed by atoms with Crippen molar-refractivity contribution in [3.8, 4) is 10.6 Å². The molecule has 6 nitrogen and oxygen atoms in total. The number of halogens is 2. The molecule has 0 bridgehead atoms. The zero-order valence-electron chi connectivity index (χ0n) is 16.3. The number of thiazole rings is 1. The van der Waals surface area contributed by atoms with Crippen molar-refractivity contribution in [2.75, 3.05) is 18.4 Å². The third kappa shape index (κ3) is 4.94. The van der Waals surface area contributed by atoms with Crippen LogP contribution in [-0.2, 0) is 14.8 Å². The molecule has 2 heterocycles. The lowest BCUT2D eigenvalue weighted by molar-refractivity contribution is -0.120. The molecule has 0 unspecified atom stereocenters. The first-order valence-electron chi connectivity index (χ1n) is 9.60. The molecule has 3 aromatic rings. The summed E-state index contributed by atoms with van der Waals surface area (Å²) in [6.45, 7) is 0.485. The Morgan fingerprint density at radius 2 is 1.81 bits per heavy atom. The van der Waals surface area contributed by atoms with Gasteiger partial charge in [0, 0.05) is 46.9 Å². The van der Waals surface area contributed by atoms with E-state index in [4.69, 9.17) is 23.2 Å². The summed E-state index contributed by atoms with van der Waals surface area (Å²) in [6, 6.07) is 11.9. The molecule has 0 radical (unpaired) electrons. The summed E-state index contributed by atoms with van der Waals surface area (Å²) >= 11 is 13.6. The minimum absolute atomic E-state index is 0.00936. The zero-order valence-corrected chi connectivity index (χ0v) is 19.4. The highest BCUT2D eigenvalue weighted by atomic mass is 35.5. The van der Waals surface area contributed by atoms with E-state index in [-0.39, 0.29) is 34.8 Å². The van der Waals surface area contributed by atoms with Gasteiger partial charge >= 0.3 is 0 Å². The van der Waals surface area contributed by atoms with Crippen molar-refractivity contribution in [2.24, 2.45) is 5.92 Å². The van der Waals surface area contributed by atoms with Gasteiger partial charge in [-0.15, -0.1) is 11.3 Å². The molecule has 1 aliphatic heterocycles. The van der Waals surface area contributed by atoms with Gasteiger partial charge in [0.05, 0.1) is 5.02 Å². The molecule has 162 valence electrons. The van der Waals surface area contributed by atoms with Gasteiger partial charge in [-0.25, -0.2) is 13.4 Å². The van der Waals surface area contributed by atoms with Gasteiger partial charge in [-0.2, -0.15) is 4.31 Å². The molecule has 1 saturated heterocycles. The van der Waals surface area contributed by atoms with E-state index in [9.17, 15) is 13.2 Å². The highest BCUT2D eigenvalue weighted by molar-refractivity contribution is 7.89. The number of aromatic nitrogens is 1. The maximum Gasteiger partial charge on any atom is 0.244 e. The third-order valence-electron chi connectivity index (χ3n) is 5.17. The molecule has 1 N–H and O–H groups in total. The predicted molar refractivity (Wildman–Crippen MR) is 124 cm³/mol. The Morgan fingerprint density at radius 1 is 1.10 bits per heavy atom. The predicted octanol–water partition coefficient (Wildman–Crippen LogP) is 5.16. The molecule has 0 saturated carbocycles. The van der Waals surface area contributed by atoms with Crippen LogP contribution in [-0.4, -0.2) is 36.7 Å². The van der Waals surface area contributed by atoms with E-state index >= 15 is 0 Å². The molecule has 31 heavy (non-hydrogen) atoms. The number of hydrogen-bond donors (Lipinski definition) is 1. The fourth-order valence-electron chi connectivity index (χ4n) is 3.48. The second-order valence-corrected chi connectivity index (χ2v) is 10.8. The number of benzene rings is 2. The van der Waals surface area contributed by atoms with Crippen LogP contribution in [0.5, 0.6) is 0 Å². The van der Waals surface area contributed by atoms with Crippen LogP contribution < -0.4 is 5.32 Å². The summed E-state index contributed by atoms with van der Waals surface area (Å²) < 4.78 is 27.2. The van der Waals surface area contributed by atoms with Crippen molar-refractivity contribution >= 4 is 56.2 Å². The first-order chi connectivity index (χ1) is 14.8. The molecule has 10 heteroatoms. The van der Waals surface area contributed by atoms with Gasteiger partial charge in [-0.05, 0) is 55.3 Å². The largest absolute Gasteiger partial charge is 0.326 e. The number of carbonyl (C=O) groups is 1. The van der Waals surface area contributed by atoms with Gasteiger partial charge < -0.3 is 5.32 Å². The quantitative estimate of drug-likeness (QED) is 0.530. The van der Waals surface area contributed by atoms with Crippen LogP contribution >= 0.6 is 34.5 Å². The van der Waals surface area contributed by atoms with Crippen LogP contribution in [0.3, 0.4) is 0 Å². The Kier molecular flexibility index (Phi) is 6.64. The van der Waals surface area contributed by atoms with Crippen LogP contribution in [0.15, 0.2) is 58.9 Å². The average molecular weight is 496 g/mol. The fraction of sp³-hybridized carbons (Fsp3) is 0.238. The Labute approximate surface area is 194 Å². The van der Waals surface area contributed by atoms with Crippen molar-refractivity contribution in [1.82, 2.24) is 9.29 Å². The smallest absolute Gasteiger partial charge is 0.244 e. The average Bonchev–Trinajstić information content (AvgIpc) is 3.31. The molecule has 0 atom stereocenters. The molecule has 4 rings (SSSR count). The Bertz CT molecular complexity index is 1180. The number of anilines is 1. The van der Waals surface area contributed by atoms with Gasteiger partial charge in [0.25, 0.3) is 0 Å². The number of carbonyl (C=O) groups excluding carboxylic acids is 1. The summed E-state index contributed by atoms with van der Waals surface area (Å²) in [4.78, 5) is 16.9. The Hall–Kier alpha value is -1.97. The lowest BCUT2D eigenvalue weighted by Crippen LogP contribution is -2.41. The van der Waals surface area contributed by atoms with Crippen LogP contribution in [0.25, 0.3) is 10.6 Å². The van der Waals surface area contributed by atoms with Crippen molar-refractivity contribution in [3.63, 3.8) is 0 Å². The molecule has 0 spiro atoms. The second-order valence-electron chi connectivity index (χ2n) is 7.16. The number of nitrogens with zero attached hydrogens (tertiary/aromatic N) is 2. The zero-order chi connectivity index (χ0) is 22.0. The fourth-order valence-corrected chi connectivity index (χ4v) is 6.33. The van der Waals surface area contributed by atoms with Gasteiger partial charge in [0.2, 0.25) is 15.9 Å². The molecule has 1 aromatic heterocycles. The minimum Gasteiger partial charge on any atom is -0.326 e. The lowest BCUT2D eigenvalue weighted by atomic mass is 9.97. The van der Waals surface area contributed by atoms with E-state index in [2.05, 4.69) is 10.3 Å². The van der Waals surface area contributed by atoms with E-state index in [1.54, 1.807) is 23.6 Å². The van der Waals surface area contributed by atoms with Gasteiger partial charge in [0.1, 0.15) is 9.90 Å². The third-order valence-corrected chi connectivity index (χ3v) is 8.60. The number of rotatable bonds is 5. The number of piperidine rings is 1. The normalized spacial score (nSPS) is 15.7. The van der Waals surface area contributed by atoms with Crippen LogP contribution in [0.2, 0.25) is 10.0 Å². The number of amides is 1. The number of hydrogen-bond acceptors (Lipinski definition) is 5. The maximum absolute atomic E-state index is 12.9. The molecule has 1 fully saturated rings. The summed E-state index contributed by atoms with van der Waals surface area (Å²) in [5, 5.41) is 6.19. The summed E-state index contributed by atoms with van der Waals surface area (Å²) in [5.74, 6) is -0.375. The van der Waals surface area contributed by atoms with Gasteiger partial charge in [0.15, 0.2) is 0 Å². The standard InChI is InChI=1S/C21H19Cl2N3O3S2/c22-16-3-6-18(23)19(13-16)31(28,29)26-10-7-14(8-11-26)20(27)25-17-4-1-15(2-5-17)21-24-9-12-30-21/h1-6,9,12-14H,7-8,10-11H2,(H,25,27). The van der Waals surface area contributed by atoms with Crippen molar-refractivity contribution in [2.45, 2.75) is 17.7 Å². The van der Waals surface area contributed by atoms with E-state index in [0.717, 1.165) is 10.6 Å². The minimum atomic E-state index is -3.77. The summed E-state index contributed by atoms with van der Waals surface area (Å²) in [5.41, 5.74) is 1.69. The van der Waals surface area contributed by atoms with Gasteiger partial charge in [-0.1, -0.05) is 23.2 Å². The summed E-state index contributed by atoms with van der Waals surface area (Å²) in [7, 11) is -3.77. The molecule has 1 aliphatic rings. The van der Waals surface area contributed by atoms with Crippen LogP contribution in [0, 0.1) is 5.92 Å². The SMILES string of the molecule is O=C(Nc1ccc(-c2nccs2)cc1)C1CCN(S(=O)(=O)c2cc(Cl)ccc2Cl)CC1. The number of nitrogens with one attached hydrogen (secondary N) is 1. The molecule has 2 aromatic carbocycles. The van der Waals surface area contributed by atoms with E-state index in [0.29, 0.717) is 23.6 Å². The molecular formula is C21H19Cl2N3O3S2. The summed E-state index contributed by atoms with van der Waals surface area (Å²) in [6.07, 6.45) is 2.61. The Morgan fingerprint density at radius 3 is 2.45 bits per heavy atom. The van der Waals surface area contributed by atoms with Crippen molar-refractivity contribution < 1.29 is 13.2 Å². The first-order valence-corrected chi connectivity index (χ1v) is 12.7. The maximum atomic E-state index is 12.9. The Balaban J connectivity index is 1.37. The monoisotopic (exact) mass is 495 g/mol. The second kappa shape index (κ2) is 9.26. The first kappa shape index (κ1) is 22.2. The van der Waals surface area contributed by atoms with Gasteiger partial charge in [-0.3, -0.25) is 4.79 Å². The number of sulfonamides is 1. The lowest BCUT2D eigenvalue weighted by Gasteiger charge is -2.30. The van der Waals surface area contributed by atoms with E-state index in [1.165, 1.54) is 16.4 Å². The van der Waals surface area contributed by atoms with Crippen LogP contribution in [0.4, 0.5) is 5.69 Å². The van der Waals surface area contributed by atoms with E-state index in [1.807, 2.05) is 29.6 Å². The van der Waals surface area contributed by atoms with Crippen LogP contribution in [0.1, 0.15) is 12.8 Å². The topological polar surface area (TPSA) is 79.4 Å². The highest BCUT2D eigenvalue weighted by Crippen LogP contribution is 2.31. The highest BCUT2D eigenvalue weighted by Gasteiger charge is 2.33. The molecular weight excluding hydrogens is 477 g/mol. The van der Waals surface area contributed by atoms with E-state index < -0.39 is 10.0 Å². The van der Waals surface area contributed by atoms with Crippen molar-refractivity contribution in [3.05, 3.63) is 64.1 Å². The van der Waals surface area contributed by atoms with Crippen molar-refractivity contribution in [1.29, 1.82) is 0 Å². The molecule has 1 amide bonds. The molecule has 0 aliphatic carbocycles.